The molecule has 3 heteroatoms. The highest BCUT2D eigenvalue weighted by molar-refractivity contribution is 5.92. The number of nitrogens with zero attached hydrogens (tertiary/aromatic N) is 1. The molecule has 1 rings (SSSR count). The number of carbonyl (C=O) groups is 1. The second-order valence-corrected chi connectivity index (χ2v) is 5.04. The molecule has 1 aromatic carbocycles. The molecule has 19 heavy (non-hydrogen) atoms. The summed E-state index contributed by atoms with van der Waals surface area (Å²) in [6.07, 6.45) is 3.41. The van der Waals surface area contributed by atoms with Crippen LogP contribution in [0.15, 0.2) is 24.3 Å². The van der Waals surface area contributed by atoms with Gasteiger partial charge in [0, 0.05) is 18.7 Å². The summed E-state index contributed by atoms with van der Waals surface area (Å²) < 4.78 is 0. The van der Waals surface area contributed by atoms with Crippen LogP contribution in [0.4, 0.5) is 0 Å². The molecule has 0 aliphatic heterocycles. The fraction of sp³-hybridized carbons (Fsp3) is 0.438. The lowest BCUT2D eigenvalue weighted by Gasteiger charge is -2.24. The van der Waals surface area contributed by atoms with Crippen molar-refractivity contribution >= 4 is 12.0 Å². The monoisotopic (exact) mass is 261 g/mol. The Bertz CT molecular complexity index is 464. The summed E-state index contributed by atoms with van der Waals surface area (Å²) in [7, 11) is 0. The fourth-order valence-electron chi connectivity index (χ4n) is 2.00. The highest BCUT2D eigenvalue weighted by Gasteiger charge is 2.13. The maximum atomic E-state index is 12.1. The number of amides is 1. The van der Waals surface area contributed by atoms with Crippen LogP contribution in [-0.2, 0) is 4.79 Å². The molecule has 0 aliphatic carbocycles. The van der Waals surface area contributed by atoms with Gasteiger partial charge in [0.1, 0.15) is 0 Å². The number of aryl methyl sites for hydroxylation is 2. The molecule has 0 bridgehead atoms. The van der Waals surface area contributed by atoms with Gasteiger partial charge in [-0.15, -0.1) is 0 Å². The van der Waals surface area contributed by atoms with Crippen molar-refractivity contribution in [1.82, 2.24) is 4.90 Å². The minimum atomic E-state index is -0.0657. The fourth-order valence-corrected chi connectivity index (χ4v) is 2.00. The number of aliphatic hydroxyl groups is 1. The van der Waals surface area contributed by atoms with Gasteiger partial charge >= 0.3 is 0 Å². The van der Waals surface area contributed by atoms with Gasteiger partial charge in [0.25, 0.3) is 0 Å². The van der Waals surface area contributed by atoms with Gasteiger partial charge in [-0.25, -0.2) is 0 Å². The maximum absolute atomic E-state index is 12.1. The lowest BCUT2D eigenvalue weighted by atomic mass is 10.1. The van der Waals surface area contributed by atoms with E-state index in [0.717, 1.165) is 11.1 Å². The average Bonchev–Trinajstić information content (AvgIpc) is 2.34. The second kappa shape index (κ2) is 7.10. The van der Waals surface area contributed by atoms with Gasteiger partial charge in [-0.1, -0.05) is 23.8 Å². The van der Waals surface area contributed by atoms with Crippen LogP contribution in [0, 0.1) is 13.8 Å². The summed E-state index contributed by atoms with van der Waals surface area (Å²) in [5, 5.41) is 8.98. The molecule has 104 valence electrons. The molecule has 0 saturated carbocycles. The molecule has 0 unspecified atom stereocenters. The number of rotatable bonds is 5. The van der Waals surface area contributed by atoms with Gasteiger partial charge in [-0.05, 0) is 44.9 Å². The summed E-state index contributed by atoms with van der Waals surface area (Å²) >= 11 is 0. The first-order valence-corrected chi connectivity index (χ1v) is 6.62. The van der Waals surface area contributed by atoms with Crippen molar-refractivity contribution in [3.63, 3.8) is 0 Å². The summed E-state index contributed by atoms with van der Waals surface area (Å²) in [5.74, 6) is -0.0657. The van der Waals surface area contributed by atoms with E-state index in [4.69, 9.17) is 5.11 Å². The van der Waals surface area contributed by atoms with Crippen molar-refractivity contribution in [2.45, 2.75) is 33.7 Å². The molecule has 3 nitrogen and oxygen atoms in total. The molecular formula is C16H23NO2. The van der Waals surface area contributed by atoms with Crippen LogP contribution < -0.4 is 0 Å². The molecule has 0 heterocycles. The predicted molar refractivity (Wildman–Crippen MR) is 78.9 cm³/mol. The van der Waals surface area contributed by atoms with Crippen molar-refractivity contribution in [1.29, 1.82) is 0 Å². The Morgan fingerprint density at radius 3 is 2.58 bits per heavy atom. The lowest BCUT2D eigenvalue weighted by Crippen LogP contribution is -2.37. The summed E-state index contributed by atoms with van der Waals surface area (Å²) in [5.41, 5.74) is 3.42. The van der Waals surface area contributed by atoms with Gasteiger partial charge in [0.2, 0.25) is 5.91 Å². The number of aliphatic hydroxyl groups excluding tert-OH is 1. The largest absolute Gasteiger partial charge is 0.395 e. The summed E-state index contributed by atoms with van der Waals surface area (Å²) in [6, 6.07) is 6.23. The Hall–Kier alpha value is -1.61. The van der Waals surface area contributed by atoms with E-state index in [0.29, 0.717) is 6.54 Å². The van der Waals surface area contributed by atoms with Crippen LogP contribution in [0.2, 0.25) is 0 Å². The van der Waals surface area contributed by atoms with E-state index >= 15 is 0 Å². The normalized spacial score (nSPS) is 11.3. The van der Waals surface area contributed by atoms with Crippen molar-refractivity contribution in [2.75, 3.05) is 13.2 Å². The lowest BCUT2D eigenvalue weighted by molar-refractivity contribution is -0.128. The van der Waals surface area contributed by atoms with E-state index in [1.165, 1.54) is 5.56 Å². The third-order valence-corrected chi connectivity index (χ3v) is 3.08. The Labute approximate surface area is 115 Å². The van der Waals surface area contributed by atoms with Gasteiger partial charge in [-0.3, -0.25) is 4.79 Å². The first-order valence-electron chi connectivity index (χ1n) is 6.62. The number of hydrogen-bond donors (Lipinski definition) is 1. The Kier molecular flexibility index (Phi) is 5.77. The first kappa shape index (κ1) is 15.4. The van der Waals surface area contributed by atoms with E-state index in [1.54, 1.807) is 11.0 Å². The topological polar surface area (TPSA) is 40.5 Å². The molecule has 0 aliphatic rings. The molecular weight excluding hydrogens is 238 g/mol. The zero-order valence-corrected chi connectivity index (χ0v) is 12.2. The summed E-state index contributed by atoms with van der Waals surface area (Å²) in [6.45, 7) is 8.32. The zero-order valence-electron chi connectivity index (χ0n) is 12.2. The Morgan fingerprint density at radius 1 is 1.37 bits per heavy atom. The molecule has 1 amide bonds. The molecule has 0 atom stereocenters. The van der Waals surface area contributed by atoms with Crippen molar-refractivity contribution in [2.24, 2.45) is 0 Å². The van der Waals surface area contributed by atoms with Crippen LogP contribution in [0.25, 0.3) is 6.08 Å². The Balaban J connectivity index is 2.82. The molecule has 0 fully saturated rings. The van der Waals surface area contributed by atoms with Crippen molar-refractivity contribution in [3.05, 3.63) is 41.0 Å². The van der Waals surface area contributed by atoms with E-state index in [-0.39, 0.29) is 18.6 Å². The number of benzene rings is 1. The van der Waals surface area contributed by atoms with Crippen LogP contribution >= 0.6 is 0 Å². The van der Waals surface area contributed by atoms with Crippen LogP contribution in [0.3, 0.4) is 0 Å². The van der Waals surface area contributed by atoms with Crippen LogP contribution in [0.1, 0.15) is 30.5 Å². The predicted octanol–water partition coefficient (Wildman–Crippen LogP) is 2.55. The SMILES string of the molecule is Cc1ccc(/C=C/C(=O)N(CCO)C(C)C)c(C)c1. The van der Waals surface area contributed by atoms with Crippen LogP contribution in [0.5, 0.6) is 0 Å². The molecule has 1 aromatic rings. The highest BCUT2D eigenvalue weighted by Crippen LogP contribution is 2.12. The van der Waals surface area contributed by atoms with E-state index < -0.39 is 0 Å². The standard InChI is InChI=1S/C16H23NO2/c1-12(2)17(9-10-18)16(19)8-7-15-6-5-13(3)11-14(15)4/h5-8,11-12,18H,9-10H2,1-4H3/b8-7+. The van der Waals surface area contributed by atoms with Crippen LogP contribution in [-0.4, -0.2) is 35.1 Å². The summed E-state index contributed by atoms with van der Waals surface area (Å²) in [4.78, 5) is 13.7. The molecule has 0 saturated heterocycles. The Morgan fingerprint density at radius 2 is 2.05 bits per heavy atom. The van der Waals surface area contributed by atoms with Gasteiger partial charge in [0.15, 0.2) is 0 Å². The second-order valence-electron chi connectivity index (χ2n) is 5.04. The van der Waals surface area contributed by atoms with Gasteiger partial charge < -0.3 is 10.0 Å². The van der Waals surface area contributed by atoms with Crippen molar-refractivity contribution in [3.8, 4) is 0 Å². The number of carbonyl (C=O) groups excluding carboxylic acids is 1. The minimum absolute atomic E-state index is 0.0126. The van der Waals surface area contributed by atoms with E-state index in [9.17, 15) is 4.79 Å². The van der Waals surface area contributed by atoms with E-state index in [2.05, 4.69) is 6.07 Å². The molecule has 0 aromatic heterocycles. The third kappa shape index (κ3) is 4.52. The maximum Gasteiger partial charge on any atom is 0.246 e. The first-order chi connectivity index (χ1) is 8.95. The van der Waals surface area contributed by atoms with Crippen molar-refractivity contribution < 1.29 is 9.90 Å². The molecule has 1 N–H and O–H groups in total. The zero-order chi connectivity index (χ0) is 14.4. The smallest absolute Gasteiger partial charge is 0.246 e. The average molecular weight is 261 g/mol. The minimum Gasteiger partial charge on any atom is -0.395 e. The third-order valence-electron chi connectivity index (χ3n) is 3.08. The van der Waals surface area contributed by atoms with Gasteiger partial charge in [-0.2, -0.15) is 0 Å². The molecule has 0 spiro atoms. The van der Waals surface area contributed by atoms with Gasteiger partial charge in [0.05, 0.1) is 6.61 Å². The number of hydrogen-bond acceptors (Lipinski definition) is 2. The highest BCUT2D eigenvalue weighted by atomic mass is 16.3. The van der Waals surface area contributed by atoms with E-state index in [1.807, 2.05) is 45.9 Å². The molecule has 0 radical (unpaired) electrons. The quantitative estimate of drug-likeness (QED) is 0.827.